The van der Waals surface area contributed by atoms with Gasteiger partial charge in [-0.1, -0.05) is 23.9 Å². The number of hydrogen-bond acceptors (Lipinski definition) is 6. The number of aromatic nitrogens is 2. The molecular weight excluding hydrogens is 334 g/mol. The number of carbonyl (C=O) groups excluding carboxylic acids is 1. The van der Waals surface area contributed by atoms with Gasteiger partial charge in [0.05, 0.1) is 17.1 Å². The Morgan fingerprint density at radius 2 is 2.12 bits per heavy atom. The van der Waals surface area contributed by atoms with E-state index < -0.39 is 0 Å². The van der Waals surface area contributed by atoms with Crippen molar-refractivity contribution >= 4 is 17.7 Å². The summed E-state index contributed by atoms with van der Waals surface area (Å²) in [4.78, 5) is 24.1. The van der Waals surface area contributed by atoms with Crippen LogP contribution in [0.4, 0.5) is 0 Å². The highest BCUT2D eigenvalue weighted by atomic mass is 32.2. The smallest absolute Gasteiger partial charge is 0.273 e. The first-order chi connectivity index (χ1) is 12.1. The predicted molar refractivity (Wildman–Crippen MR) is 98.9 cm³/mol. The molecule has 0 saturated carbocycles. The van der Waals surface area contributed by atoms with Crippen molar-refractivity contribution in [3.05, 3.63) is 70.8 Å². The monoisotopic (exact) mass is 355 g/mol. The molecule has 1 aliphatic rings. The maximum Gasteiger partial charge on any atom is 0.273 e. The molecular formula is C18H21N5OS. The molecule has 7 heteroatoms. The number of hydrazine groups is 1. The summed E-state index contributed by atoms with van der Waals surface area (Å²) in [5, 5.41) is 1.66. The van der Waals surface area contributed by atoms with Crippen molar-refractivity contribution < 1.29 is 4.79 Å². The number of thioether (sulfide) groups is 1. The molecule has 25 heavy (non-hydrogen) atoms. The van der Waals surface area contributed by atoms with Crippen LogP contribution < -0.4 is 5.43 Å². The number of rotatable bonds is 5. The Labute approximate surface area is 151 Å². The Kier molecular flexibility index (Phi) is 5.35. The van der Waals surface area contributed by atoms with Crippen molar-refractivity contribution in [2.75, 3.05) is 14.1 Å². The number of amides is 1. The molecule has 3 rings (SSSR count). The van der Waals surface area contributed by atoms with E-state index in [2.05, 4.69) is 20.3 Å². The number of nitrogens with zero attached hydrogens (tertiary/aromatic N) is 4. The lowest BCUT2D eigenvalue weighted by Crippen LogP contribution is -2.36. The summed E-state index contributed by atoms with van der Waals surface area (Å²) >= 11 is 1.55. The molecule has 130 valence electrons. The third kappa shape index (κ3) is 4.00. The van der Waals surface area contributed by atoms with Gasteiger partial charge in [-0.3, -0.25) is 20.2 Å². The fourth-order valence-electron chi connectivity index (χ4n) is 2.68. The SMILES string of the molecule is CC1=C(C(=O)NN(C)C)SC(c2cccnc2)N1Cc1ccccn1. The molecule has 3 heterocycles. The Bertz CT molecular complexity index is 764. The zero-order valence-electron chi connectivity index (χ0n) is 14.5. The van der Waals surface area contributed by atoms with Crippen molar-refractivity contribution in [2.45, 2.75) is 18.8 Å². The first-order valence-corrected chi connectivity index (χ1v) is 8.86. The molecule has 6 nitrogen and oxygen atoms in total. The minimum atomic E-state index is -0.0927. The van der Waals surface area contributed by atoms with E-state index in [0.717, 1.165) is 21.9 Å². The van der Waals surface area contributed by atoms with Crippen molar-refractivity contribution in [2.24, 2.45) is 0 Å². The Balaban J connectivity index is 1.92. The number of pyridine rings is 2. The first-order valence-electron chi connectivity index (χ1n) is 7.98. The largest absolute Gasteiger partial charge is 0.352 e. The van der Waals surface area contributed by atoms with Crippen molar-refractivity contribution in [3.63, 3.8) is 0 Å². The lowest BCUT2D eigenvalue weighted by Gasteiger charge is -2.27. The van der Waals surface area contributed by atoms with Gasteiger partial charge in [-0.25, -0.2) is 5.01 Å². The predicted octanol–water partition coefficient (Wildman–Crippen LogP) is 2.55. The molecule has 0 bridgehead atoms. The standard InChI is InChI=1S/C18H21N5OS/c1-13-16(17(24)21-22(2)3)25-18(14-7-6-9-19-11-14)23(13)12-15-8-4-5-10-20-15/h4-11,18H,12H2,1-3H3,(H,21,24). The van der Waals surface area contributed by atoms with Gasteiger partial charge in [0.25, 0.3) is 5.91 Å². The Morgan fingerprint density at radius 3 is 2.76 bits per heavy atom. The third-order valence-corrected chi connectivity index (χ3v) is 5.30. The molecule has 2 aromatic heterocycles. The van der Waals surface area contributed by atoms with Gasteiger partial charge in [-0.15, -0.1) is 0 Å². The fraction of sp³-hybridized carbons (Fsp3) is 0.278. The summed E-state index contributed by atoms with van der Waals surface area (Å²) in [5.41, 5.74) is 5.81. The number of allylic oxidation sites excluding steroid dienone is 1. The van der Waals surface area contributed by atoms with E-state index in [1.165, 1.54) is 0 Å². The average Bonchev–Trinajstić information content (AvgIpc) is 2.93. The topological polar surface area (TPSA) is 61.4 Å². The van der Waals surface area contributed by atoms with Crippen LogP contribution in [-0.2, 0) is 11.3 Å². The quantitative estimate of drug-likeness (QED) is 0.832. The van der Waals surface area contributed by atoms with Crippen LogP contribution >= 0.6 is 11.8 Å². The Morgan fingerprint density at radius 1 is 1.28 bits per heavy atom. The second-order valence-corrected chi connectivity index (χ2v) is 7.05. The van der Waals surface area contributed by atoms with E-state index in [9.17, 15) is 4.79 Å². The molecule has 0 saturated heterocycles. The highest BCUT2D eigenvalue weighted by Crippen LogP contribution is 2.48. The second kappa shape index (κ2) is 7.67. The fourth-order valence-corrected chi connectivity index (χ4v) is 3.98. The molecule has 1 aliphatic heterocycles. The van der Waals surface area contributed by atoms with E-state index in [-0.39, 0.29) is 11.3 Å². The van der Waals surface area contributed by atoms with Gasteiger partial charge in [-0.05, 0) is 25.1 Å². The van der Waals surface area contributed by atoms with Crippen LogP contribution in [0.5, 0.6) is 0 Å². The lowest BCUT2D eigenvalue weighted by atomic mass is 10.2. The molecule has 2 aromatic rings. The summed E-state index contributed by atoms with van der Waals surface area (Å²) in [5.74, 6) is -0.0927. The maximum atomic E-state index is 12.6. The van der Waals surface area contributed by atoms with Crippen LogP contribution in [0.2, 0.25) is 0 Å². The number of carbonyl (C=O) groups is 1. The summed E-state index contributed by atoms with van der Waals surface area (Å²) in [7, 11) is 3.61. The first kappa shape index (κ1) is 17.4. The molecule has 1 unspecified atom stereocenters. The van der Waals surface area contributed by atoms with Gasteiger partial charge < -0.3 is 4.90 Å². The number of nitrogens with one attached hydrogen (secondary N) is 1. The van der Waals surface area contributed by atoms with Gasteiger partial charge in [0.15, 0.2) is 0 Å². The summed E-state index contributed by atoms with van der Waals surface area (Å²) in [6.45, 7) is 2.62. The minimum absolute atomic E-state index is 0.00128. The highest BCUT2D eigenvalue weighted by molar-refractivity contribution is 8.04. The summed E-state index contributed by atoms with van der Waals surface area (Å²) < 4.78 is 0. The van der Waals surface area contributed by atoms with Crippen LogP contribution in [0, 0.1) is 0 Å². The molecule has 1 amide bonds. The molecule has 0 aromatic carbocycles. The van der Waals surface area contributed by atoms with Crippen LogP contribution in [0.15, 0.2) is 59.5 Å². The molecule has 0 aliphatic carbocycles. The maximum absolute atomic E-state index is 12.6. The molecule has 1 N–H and O–H groups in total. The van der Waals surface area contributed by atoms with Crippen LogP contribution in [0.1, 0.15) is 23.6 Å². The normalized spacial score (nSPS) is 17.3. The minimum Gasteiger partial charge on any atom is -0.352 e. The van der Waals surface area contributed by atoms with Gasteiger partial charge in [0.1, 0.15) is 5.37 Å². The zero-order valence-corrected chi connectivity index (χ0v) is 15.3. The zero-order chi connectivity index (χ0) is 17.8. The second-order valence-electron chi connectivity index (χ2n) is 5.96. The van der Waals surface area contributed by atoms with E-state index in [1.807, 2.05) is 43.5 Å². The van der Waals surface area contributed by atoms with E-state index in [0.29, 0.717) is 6.54 Å². The molecule has 0 radical (unpaired) electrons. The molecule has 0 spiro atoms. The third-order valence-electron chi connectivity index (χ3n) is 3.83. The summed E-state index contributed by atoms with van der Waals surface area (Å²) in [6.07, 6.45) is 5.39. The van der Waals surface area contributed by atoms with Gasteiger partial charge in [0, 0.05) is 43.9 Å². The van der Waals surface area contributed by atoms with Gasteiger partial charge in [-0.2, -0.15) is 0 Å². The van der Waals surface area contributed by atoms with Crippen LogP contribution in [0.25, 0.3) is 0 Å². The molecule has 0 fully saturated rings. The average molecular weight is 355 g/mol. The van der Waals surface area contributed by atoms with Crippen molar-refractivity contribution in [1.82, 2.24) is 25.3 Å². The van der Waals surface area contributed by atoms with E-state index in [1.54, 1.807) is 43.3 Å². The van der Waals surface area contributed by atoms with Crippen molar-refractivity contribution in [1.29, 1.82) is 0 Å². The van der Waals surface area contributed by atoms with Gasteiger partial charge >= 0.3 is 0 Å². The molecule has 1 atom stereocenters. The lowest BCUT2D eigenvalue weighted by molar-refractivity contribution is -0.120. The van der Waals surface area contributed by atoms with Gasteiger partial charge in [0.2, 0.25) is 0 Å². The Hall–Kier alpha value is -2.38. The highest BCUT2D eigenvalue weighted by Gasteiger charge is 2.35. The van der Waals surface area contributed by atoms with E-state index >= 15 is 0 Å². The van der Waals surface area contributed by atoms with Crippen LogP contribution in [-0.4, -0.2) is 39.9 Å². The van der Waals surface area contributed by atoms with Crippen LogP contribution in [0.3, 0.4) is 0 Å². The van der Waals surface area contributed by atoms with Crippen molar-refractivity contribution in [3.8, 4) is 0 Å². The van der Waals surface area contributed by atoms with E-state index in [4.69, 9.17) is 0 Å². The number of hydrogen-bond donors (Lipinski definition) is 1. The summed E-state index contributed by atoms with van der Waals surface area (Å²) in [6, 6.07) is 9.83.